The van der Waals surface area contributed by atoms with Gasteiger partial charge in [-0.05, 0) is 67.8 Å². The summed E-state index contributed by atoms with van der Waals surface area (Å²) in [7, 11) is 0. The highest BCUT2D eigenvalue weighted by Gasteiger charge is 2.20. The zero-order valence-corrected chi connectivity index (χ0v) is 17.3. The SMILES string of the molecule is CCOC(=O)c1cccc(NC(=O)C(=O)c2cccn2Cc2ccc(C)c(C)c2)c1. The van der Waals surface area contributed by atoms with Crippen molar-refractivity contribution in [2.45, 2.75) is 27.3 Å². The molecule has 1 heterocycles. The number of amides is 1. The highest BCUT2D eigenvalue weighted by molar-refractivity contribution is 6.46. The monoisotopic (exact) mass is 404 g/mol. The first-order chi connectivity index (χ1) is 14.4. The third-order valence-electron chi connectivity index (χ3n) is 4.82. The zero-order valence-electron chi connectivity index (χ0n) is 17.3. The molecule has 0 unspecified atom stereocenters. The van der Waals surface area contributed by atoms with Crippen LogP contribution in [0.1, 0.15) is 44.5 Å². The number of hydrogen-bond donors (Lipinski definition) is 1. The van der Waals surface area contributed by atoms with Gasteiger partial charge < -0.3 is 14.6 Å². The summed E-state index contributed by atoms with van der Waals surface area (Å²) in [6, 6.07) is 15.8. The van der Waals surface area contributed by atoms with Crippen molar-refractivity contribution in [2.24, 2.45) is 0 Å². The topological polar surface area (TPSA) is 77.4 Å². The number of Topliss-reactive ketones (excluding diaryl/α,β-unsaturated/α-hetero) is 1. The number of carbonyl (C=O) groups excluding carboxylic acids is 3. The maximum absolute atomic E-state index is 12.7. The van der Waals surface area contributed by atoms with Crippen LogP contribution in [-0.2, 0) is 16.1 Å². The van der Waals surface area contributed by atoms with Gasteiger partial charge in [0.2, 0.25) is 0 Å². The van der Waals surface area contributed by atoms with E-state index in [-0.39, 0.29) is 6.61 Å². The predicted molar refractivity (Wildman–Crippen MR) is 115 cm³/mol. The second-order valence-electron chi connectivity index (χ2n) is 7.02. The lowest BCUT2D eigenvalue weighted by Gasteiger charge is -2.11. The Labute approximate surface area is 175 Å². The van der Waals surface area contributed by atoms with Crippen LogP contribution in [0.4, 0.5) is 5.69 Å². The van der Waals surface area contributed by atoms with Gasteiger partial charge in [0.25, 0.3) is 11.7 Å². The number of hydrogen-bond acceptors (Lipinski definition) is 4. The first-order valence-corrected chi connectivity index (χ1v) is 9.73. The van der Waals surface area contributed by atoms with Crippen molar-refractivity contribution in [3.8, 4) is 0 Å². The van der Waals surface area contributed by atoms with E-state index in [0.29, 0.717) is 23.5 Å². The minimum Gasteiger partial charge on any atom is -0.462 e. The average Bonchev–Trinajstić information content (AvgIpc) is 3.18. The van der Waals surface area contributed by atoms with Gasteiger partial charge in [-0.1, -0.05) is 24.3 Å². The van der Waals surface area contributed by atoms with Crippen molar-refractivity contribution < 1.29 is 19.1 Å². The van der Waals surface area contributed by atoms with Crippen molar-refractivity contribution in [2.75, 3.05) is 11.9 Å². The molecular formula is C24H24N2O4. The standard InChI is InChI=1S/C24H24N2O4/c1-4-30-24(29)19-7-5-8-20(14-19)25-23(28)22(27)21-9-6-12-26(21)15-18-11-10-16(2)17(3)13-18/h5-14H,4,15H2,1-3H3,(H,25,28). The quantitative estimate of drug-likeness (QED) is 0.365. The molecule has 0 radical (unpaired) electrons. The lowest BCUT2D eigenvalue weighted by atomic mass is 10.1. The number of aryl methyl sites for hydroxylation is 2. The molecule has 154 valence electrons. The Kier molecular flexibility index (Phi) is 6.47. The van der Waals surface area contributed by atoms with Crippen LogP contribution in [0.25, 0.3) is 0 Å². The average molecular weight is 404 g/mol. The first-order valence-electron chi connectivity index (χ1n) is 9.73. The van der Waals surface area contributed by atoms with E-state index in [4.69, 9.17) is 4.74 Å². The van der Waals surface area contributed by atoms with Gasteiger partial charge in [-0.15, -0.1) is 0 Å². The number of aromatic nitrogens is 1. The van der Waals surface area contributed by atoms with Gasteiger partial charge in [0, 0.05) is 18.4 Å². The van der Waals surface area contributed by atoms with E-state index in [1.165, 1.54) is 17.2 Å². The lowest BCUT2D eigenvalue weighted by Crippen LogP contribution is -2.25. The minimum atomic E-state index is -0.768. The number of benzene rings is 2. The van der Waals surface area contributed by atoms with Gasteiger partial charge in [0.05, 0.1) is 17.9 Å². The summed E-state index contributed by atoms with van der Waals surface area (Å²) in [6.07, 6.45) is 1.77. The molecule has 2 aromatic carbocycles. The Bertz CT molecular complexity index is 1100. The molecule has 0 fully saturated rings. The molecule has 6 heteroatoms. The smallest absolute Gasteiger partial charge is 0.338 e. The number of carbonyl (C=O) groups is 3. The molecule has 0 saturated heterocycles. The van der Waals surface area contributed by atoms with Gasteiger partial charge in [0.1, 0.15) is 0 Å². The van der Waals surface area contributed by atoms with E-state index < -0.39 is 17.7 Å². The third kappa shape index (κ3) is 4.84. The zero-order chi connectivity index (χ0) is 21.7. The molecule has 1 N–H and O–H groups in total. The highest BCUT2D eigenvalue weighted by Crippen LogP contribution is 2.15. The van der Waals surface area contributed by atoms with Gasteiger partial charge in [-0.25, -0.2) is 4.79 Å². The van der Waals surface area contributed by atoms with Crippen molar-refractivity contribution in [3.05, 3.63) is 88.7 Å². The number of nitrogens with one attached hydrogen (secondary N) is 1. The Morgan fingerprint density at radius 3 is 2.50 bits per heavy atom. The molecule has 30 heavy (non-hydrogen) atoms. The van der Waals surface area contributed by atoms with E-state index in [0.717, 1.165) is 5.56 Å². The summed E-state index contributed by atoms with van der Waals surface area (Å²) in [6.45, 7) is 6.55. The van der Waals surface area contributed by atoms with Crippen LogP contribution in [-0.4, -0.2) is 28.8 Å². The molecule has 6 nitrogen and oxygen atoms in total. The van der Waals surface area contributed by atoms with Gasteiger partial charge in [0.15, 0.2) is 0 Å². The Balaban J connectivity index is 1.74. The number of nitrogens with zero attached hydrogens (tertiary/aromatic N) is 1. The predicted octanol–water partition coefficient (Wildman–Crippen LogP) is 4.15. The maximum Gasteiger partial charge on any atom is 0.338 e. The van der Waals surface area contributed by atoms with Crippen LogP contribution in [0, 0.1) is 13.8 Å². The van der Waals surface area contributed by atoms with Crippen LogP contribution in [0.3, 0.4) is 0 Å². The first kappa shape index (κ1) is 21.0. The second-order valence-corrected chi connectivity index (χ2v) is 7.02. The van der Waals surface area contributed by atoms with E-state index in [9.17, 15) is 14.4 Å². The fourth-order valence-electron chi connectivity index (χ4n) is 3.10. The fraction of sp³-hybridized carbons (Fsp3) is 0.208. The fourth-order valence-corrected chi connectivity index (χ4v) is 3.10. The van der Waals surface area contributed by atoms with Crippen LogP contribution in [0.15, 0.2) is 60.8 Å². The summed E-state index contributed by atoms with van der Waals surface area (Å²) in [5, 5.41) is 2.57. The molecule has 0 aliphatic carbocycles. The summed E-state index contributed by atoms with van der Waals surface area (Å²) >= 11 is 0. The number of rotatable bonds is 7. The number of anilines is 1. The van der Waals surface area contributed by atoms with Crippen LogP contribution >= 0.6 is 0 Å². The molecule has 0 aliphatic heterocycles. The number of esters is 1. The molecule has 0 saturated carbocycles. The maximum atomic E-state index is 12.7. The Morgan fingerprint density at radius 2 is 1.77 bits per heavy atom. The van der Waals surface area contributed by atoms with Crippen LogP contribution < -0.4 is 5.32 Å². The largest absolute Gasteiger partial charge is 0.462 e. The Hall–Kier alpha value is -3.67. The van der Waals surface area contributed by atoms with E-state index >= 15 is 0 Å². The summed E-state index contributed by atoms with van der Waals surface area (Å²) < 4.78 is 6.71. The normalized spacial score (nSPS) is 10.5. The Morgan fingerprint density at radius 1 is 0.967 bits per heavy atom. The van der Waals surface area contributed by atoms with Crippen molar-refractivity contribution in [1.29, 1.82) is 0 Å². The van der Waals surface area contributed by atoms with E-state index in [2.05, 4.69) is 11.4 Å². The van der Waals surface area contributed by atoms with Crippen molar-refractivity contribution in [3.63, 3.8) is 0 Å². The highest BCUT2D eigenvalue weighted by atomic mass is 16.5. The van der Waals surface area contributed by atoms with Crippen molar-refractivity contribution >= 4 is 23.3 Å². The van der Waals surface area contributed by atoms with Gasteiger partial charge >= 0.3 is 5.97 Å². The molecule has 1 aromatic heterocycles. The molecule has 0 bridgehead atoms. The summed E-state index contributed by atoms with van der Waals surface area (Å²) in [5.74, 6) is -1.90. The second kappa shape index (κ2) is 9.22. The molecule has 1 amide bonds. The molecule has 0 spiro atoms. The van der Waals surface area contributed by atoms with Crippen molar-refractivity contribution in [1.82, 2.24) is 4.57 Å². The molecule has 3 aromatic rings. The van der Waals surface area contributed by atoms with Crippen LogP contribution in [0.2, 0.25) is 0 Å². The summed E-state index contributed by atoms with van der Waals surface area (Å²) in [5.41, 5.74) is 4.38. The molecule has 3 rings (SSSR count). The van der Waals surface area contributed by atoms with Gasteiger partial charge in [-0.2, -0.15) is 0 Å². The number of ketones is 1. The molecule has 0 aliphatic rings. The lowest BCUT2D eigenvalue weighted by molar-refractivity contribution is -0.112. The van der Waals surface area contributed by atoms with E-state index in [1.807, 2.05) is 26.0 Å². The van der Waals surface area contributed by atoms with Crippen LogP contribution in [0.5, 0.6) is 0 Å². The minimum absolute atomic E-state index is 0.255. The summed E-state index contributed by atoms with van der Waals surface area (Å²) in [4.78, 5) is 37.1. The van der Waals surface area contributed by atoms with Gasteiger partial charge in [-0.3, -0.25) is 9.59 Å². The van der Waals surface area contributed by atoms with E-state index in [1.54, 1.807) is 48.0 Å². The molecular weight excluding hydrogens is 380 g/mol. The molecule has 0 atom stereocenters. The number of ether oxygens (including phenoxy) is 1. The third-order valence-corrected chi connectivity index (χ3v) is 4.82.